The second-order valence-electron chi connectivity index (χ2n) is 8.72. The lowest BCUT2D eigenvalue weighted by atomic mass is 9.96. The number of phenols is 1. The van der Waals surface area contributed by atoms with Crippen molar-refractivity contribution in [2.24, 2.45) is 0 Å². The molecule has 0 bridgehead atoms. The Kier molecular flexibility index (Phi) is 8.97. The van der Waals surface area contributed by atoms with E-state index in [1.165, 1.54) is 18.2 Å². The number of hydrogen-bond donors (Lipinski definition) is 4. The van der Waals surface area contributed by atoms with Crippen LogP contribution < -0.4 is 16.4 Å². The molecule has 0 heterocycles. The van der Waals surface area contributed by atoms with Gasteiger partial charge in [-0.3, -0.25) is 10.1 Å². The van der Waals surface area contributed by atoms with Gasteiger partial charge in [-0.05, 0) is 60.9 Å². The fourth-order valence-corrected chi connectivity index (χ4v) is 4.16. The van der Waals surface area contributed by atoms with Crippen LogP contribution in [0.15, 0.2) is 97.1 Å². The molecule has 0 spiro atoms. The van der Waals surface area contributed by atoms with Crippen molar-refractivity contribution < 1.29 is 24.2 Å². The number of amides is 2. The molecule has 5 N–H and O–H groups in total. The smallest absolute Gasteiger partial charge is 0.412 e. The summed E-state index contributed by atoms with van der Waals surface area (Å²) in [5.74, 6) is -0.373. The zero-order valence-electron chi connectivity index (χ0n) is 21.7. The first-order chi connectivity index (χ1) is 19.4. The average Bonchev–Trinajstić information content (AvgIpc) is 2.96. The van der Waals surface area contributed by atoms with Crippen LogP contribution in [0.3, 0.4) is 0 Å². The minimum atomic E-state index is -1.00. The molecule has 4 aromatic rings. The molecule has 0 saturated heterocycles. The standard InChI is InChI=1S/C31H28N4O5/c1-2-39-28(17-18-29(37)35-26-10-6-5-9-25(26)33)30(24-15-16-27(36)23-8-4-3-7-22(23)24)40-31(38)34-21-13-11-20(19-32)12-14-21/h3-18,28,30,36H,2,33H2,1H3,(H,34,38)(H,35,37)/b18-17+/t28-,30-/m1/s1. The van der Waals surface area contributed by atoms with Crippen LogP contribution in [0.1, 0.15) is 24.2 Å². The van der Waals surface area contributed by atoms with E-state index < -0.39 is 24.2 Å². The molecule has 9 heteroatoms. The van der Waals surface area contributed by atoms with Crippen molar-refractivity contribution >= 4 is 39.8 Å². The number of fused-ring (bicyclic) bond motifs is 1. The summed E-state index contributed by atoms with van der Waals surface area (Å²) >= 11 is 0. The summed E-state index contributed by atoms with van der Waals surface area (Å²) in [6, 6.07) is 25.6. The number of nitrogens with one attached hydrogen (secondary N) is 2. The molecule has 0 aliphatic carbocycles. The molecule has 0 aliphatic heterocycles. The van der Waals surface area contributed by atoms with Gasteiger partial charge in [-0.25, -0.2) is 4.79 Å². The lowest BCUT2D eigenvalue weighted by Gasteiger charge is -2.26. The maximum atomic E-state index is 13.1. The van der Waals surface area contributed by atoms with Gasteiger partial charge in [-0.1, -0.05) is 42.5 Å². The van der Waals surface area contributed by atoms with E-state index in [4.69, 9.17) is 20.5 Å². The SMILES string of the molecule is CCO[C@H](/C=C/C(=O)Nc1ccccc1N)[C@H](OC(=O)Nc1ccc(C#N)cc1)c1ccc(O)c2ccccc12. The first-order valence-corrected chi connectivity index (χ1v) is 12.5. The number of benzene rings is 4. The maximum Gasteiger partial charge on any atom is 0.412 e. The molecule has 0 fully saturated rings. The van der Waals surface area contributed by atoms with E-state index in [1.807, 2.05) is 12.1 Å². The number of hydrogen-bond acceptors (Lipinski definition) is 7. The van der Waals surface area contributed by atoms with Crippen LogP contribution in [0.4, 0.5) is 21.9 Å². The van der Waals surface area contributed by atoms with E-state index in [0.717, 1.165) is 0 Å². The highest BCUT2D eigenvalue weighted by Gasteiger charge is 2.28. The van der Waals surface area contributed by atoms with Crippen molar-refractivity contribution in [1.29, 1.82) is 5.26 Å². The minimum absolute atomic E-state index is 0.0727. The van der Waals surface area contributed by atoms with Crippen LogP contribution in [0, 0.1) is 11.3 Å². The number of rotatable bonds is 9. The van der Waals surface area contributed by atoms with Crippen LogP contribution in [-0.2, 0) is 14.3 Å². The topological polar surface area (TPSA) is 147 Å². The van der Waals surface area contributed by atoms with Gasteiger partial charge in [0.05, 0.1) is 23.0 Å². The highest BCUT2D eigenvalue weighted by Crippen LogP contribution is 2.35. The molecular formula is C31H28N4O5. The number of nitrogens with two attached hydrogens (primary N) is 1. The number of phenolic OH excluding ortho intramolecular Hbond substituents is 1. The third-order valence-electron chi connectivity index (χ3n) is 6.05. The number of nitriles is 1. The Morgan fingerprint density at radius 1 is 0.975 bits per heavy atom. The number of nitrogens with zero attached hydrogens (tertiary/aromatic N) is 1. The predicted molar refractivity (Wildman–Crippen MR) is 154 cm³/mol. The number of aromatic hydroxyl groups is 1. The summed E-state index contributed by atoms with van der Waals surface area (Å²) in [5.41, 5.74) is 8.26. The van der Waals surface area contributed by atoms with Crippen LogP contribution >= 0.6 is 0 Å². The Morgan fingerprint density at radius 3 is 2.38 bits per heavy atom. The molecule has 0 radical (unpaired) electrons. The van der Waals surface area contributed by atoms with Gasteiger partial charge in [-0.2, -0.15) is 5.26 Å². The summed E-state index contributed by atoms with van der Waals surface area (Å²) in [6.07, 6.45) is 0.161. The molecule has 40 heavy (non-hydrogen) atoms. The highest BCUT2D eigenvalue weighted by atomic mass is 16.6. The largest absolute Gasteiger partial charge is 0.507 e. The van der Waals surface area contributed by atoms with Gasteiger partial charge in [0.25, 0.3) is 0 Å². The zero-order valence-corrected chi connectivity index (χ0v) is 21.7. The van der Waals surface area contributed by atoms with Crippen molar-refractivity contribution in [3.05, 3.63) is 108 Å². The van der Waals surface area contributed by atoms with Crippen LogP contribution in [0.2, 0.25) is 0 Å². The Labute approximate surface area is 231 Å². The van der Waals surface area contributed by atoms with Gasteiger partial charge in [0, 0.05) is 29.3 Å². The van der Waals surface area contributed by atoms with Crippen molar-refractivity contribution in [1.82, 2.24) is 0 Å². The highest BCUT2D eigenvalue weighted by molar-refractivity contribution is 6.01. The molecule has 9 nitrogen and oxygen atoms in total. The van der Waals surface area contributed by atoms with E-state index in [9.17, 15) is 14.7 Å². The third kappa shape index (κ3) is 6.75. The second kappa shape index (κ2) is 13.0. The molecular weight excluding hydrogens is 508 g/mol. The number of ether oxygens (including phenoxy) is 2. The third-order valence-corrected chi connectivity index (χ3v) is 6.05. The van der Waals surface area contributed by atoms with Crippen molar-refractivity contribution in [3.63, 3.8) is 0 Å². The van der Waals surface area contributed by atoms with Crippen molar-refractivity contribution in [2.45, 2.75) is 19.1 Å². The Hall–Kier alpha value is -5.33. The minimum Gasteiger partial charge on any atom is -0.507 e. The van der Waals surface area contributed by atoms with E-state index in [-0.39, 0.29) is 12.4 Å². The molecule has 4 aromatic carbocycles. The number of carbonyl (C=O) groups excluding carboxylic acids is 2. The average molecular weight is 537 g/mol. The molecule has 0 saturated carbocycles. The Morgan fingerprint density at radius 2 is 1.68 bits per heavy atom. The van der Waals surface area contributed by atoms with E-state index in [0.29, 0.717) is 39.0 Å². The fraction of sp³-hybridized carbons (Fsp3) is 0.129. The molecule has 2 atom stereocenters. The summed E-state index contributed by atoms with van der Waals surface area (Å²) in [7, 11) is 0. The van der Waals surface area contributed by atoms with Gasteiger partial charge >= 0.3 is 6.09 Å². The summed E-state index contributed by atoms with van der Waals surface area (Å²) < 4.78 is 11.9. The number of nitrogen functional groups attached to an aromatic ring is 1. The molecule has 4 rings (SSSR count). The van der Waals surface area contributed by atoms with Crippen LogP contribution in [-0.4, -0.2) is 29.8 Å². The van der Waals surface area contributed by atoms with Gasteiger partial charge in [-0.15, -0.1) is 0 Å². The Balaban J connectivity index is 1.66. The van der Waals surface area contributed by atoms with Gasteiger partial charge in [0.15, 0.2) is 6.10 Å². The van der Waals surface area contributed by atoms with Crippen LogP contribution in [0.25, 0.3) is 10.8 Å². The summed E-state index contributed by atoms with van der Waals surface area (Å²) in [5, 5.41) is 26.1. The van der Waals surface area contributed by atoms with Crippen molar-refractivity contribution in [3.8, 4) is 11.8 Å². The molecule has 202 valence electrons. The van der Waals surface area contributed by atoms with Crippen LogP contribution in [0.5, 0.6) is 5.75 Å². The van der Waals surface area contributed by atoms with Gasteiger partial charge < -0.3 is 25.6 Å². The monoisotopic (exact) mass is 536 g/mol. The summed E-state index contributed by atoms with van der Waals surface area (Å²) in [4.78, 5) is 25.8. The molecule has 0 aromatic heterocycles. The lowest BCUT2D eigenvalue weighted by molar-refractivity contribution is -0.112. The van der Waals surface area contributed by atoms with E-state index >= 15 is 0 Å². The quantitative estimate of drug-likeness (QED) is 0.154. The van der Waals surface area contributed by atoms with Gasteiger partial charge in [0.1, 0.15) is 11.9 Å². The van der Waals surface area contributed by atoms with Gasteiger partial charge in [0.2, 0.25) is 5.91 Å². The first-order valence-electron chi connectivity index (χ1n) is 12.5. The Bertz CT molecular complexity index is 1580. The number of anilines is 3. The fourth-order valence-electron chi connectivity index (χ4n) is 4.16. The second-order valence-corrected chi connectivity index (χ2v) is 8.72. The van der Waals surface area contributed by atoms with E-state index in [2.05, 4.69) is 10.6 Å². The normalized spacial score (nSPS) is 12.4. The maximum absolute atomic E-state index is 13.1. The molecule has 0 aliphatic rings. The molecule has 2 amide bonds. The zero-order chi connectivity index (χ0) is 28.5. The number of para-hydroxylation sites is 2. The summed E-state index contributed by atoms with van der Waals surface area (Å²) in [6.45, 7) is 2.05. The first kappa shape index (κ1) is 27.7. The number of carbonyl (C=O) groups is 2. The lowest BCUT2D eigenvalue weighted by Crippen LogP contribution is -2.28. The van der Waals surface area contributed by atoms with Crippen molar-refractivity contribution in [2.75, 3.05) is 23.0 Å². The predicted octanol–water partition coefficient (Wildman–Crippen LogP) is 5.89. The molecule has 0 unspecified atom stereocenters. The van der Waals surface area contributed by atoms with E-state index in [1.54, 1.807) is 79.7 Å².